The quantitative estimate of drug-likeness (QED) is 0.667. The van der Waals surface area contributed by atoms with Gasteiger partial charge in [-0.15, -0.1) is 11.3 Å². The zero-order chi connectivity index (χ0) is 16.5. The zero-order valence-electron chi connectivity index (χ0n) is 13.6. The Balaban J connectivity index is 1.33. The van der Waals surface area contributed by atoms with Gasteiger partial charge in [-0.05, 0) is 36.1 Å². The summed E-state index contributed by atoms with van der Waals surface area (Å²) in [6, 6.07) is 4.53. The number of hydrogen-bond donors (Lipinski definition) is 3. The maximum absolute atomic E-state index is 6.06. The lowest BCUT2D eigenvalue weighted by atomic mass is 10.3. The normalized spacial score (nSPS) is 27.7. The second kappa shape index (κ2) is 4.92. The molecule has 0 amide bonds. The van der Waals surface area contributed by atoms with Crippen molar-refractivity contribution in [2.45, 2.75) is 24.8 Å². The van der Waals surface area contributed by atoms with Crippen LogP contribution in [0.25, 0.3) is 10.2 Å². The summed E-state index contributed by atoms with van der Waals surface area (Å²) in [7, 11) is 0. The molecule has 7 nitrogen and oxygen atoms in total. The van der Waals surface area contributed by atoms with Gasteiger partial charge in [0.1, 0.15) is 0 Å². The third-order valence-corrected chi connectivity index (χ3v) is 6.61. The first kappa shape index (κ1) is 14.0. The van der Waals surface area contributed by atoms with Crippen LogP contribution in [0.3, 0.4) is 0 Å². The minimum Gasteiger partial charge on any atom is -0.340 e. The minimum absolute atomic E-state index is 0.378. The number of aromatic nitrogens is 4. The highest BCUT2D eigenvalue weighted by molar-refractivity contribution is 7.17. The lowest BCUT2D eigenvalue weighted by Gasteiger charge is -2.19. The molecule has 3 fully saturated rings. The molecule has 0 bridgehead atoms. The summed E-state index contributed by atoms with van der Waals surface area (Å²) in [5.74, 6) is 4.36. The van der Waals surface area contributed by atoms with Gasteiger partial charge in [-0.1, -0.05) is 0 Å². The molecule has 4 N–H and O–H groups in total. The average molecular weight is 353 g/mol. The molecule has 8 heteroatoms. The van der Waals surface area contributed by atoms with Crippen molar-refractivity contribution >= 4 is 39.1 Å². The summed E-state index contributed by atoms with van der Waals surface area (Å²) in [4.78, 5) is 11.8. The number of piperidine rings is 1. The molecule has 1 saturated heterocycles. The van der Waals surface area contributed by atoms with Crippen LogP contribution in [0.15, 0.2) is 17.5 Å². The molecular weight excluding hydrogens is 334 g/mol. The van der Waals surface area contributed by atoms with E-state index >= 15 is 0 Å². The maximum atomic E-state index is 6.06. The highest BCUT2D eigenvalue weighted by Crippen LogP contribution is 2.45. The van der Waals surface area contributed by atoms with Crippen molar-refractivity contribution in [2.75, 3.05) is 23.3 Å². The summed E-state index contributed by atoms with van der Waals surface area (Å²) in [5, 5.41) is 13.0. The van der Waals surface area contributed by atoms with Gasteiger partial charge in [0.25, 0.3) is 0 Å². The third kappa shape index (κ3) is 2.24. The van der Waals surface area contributed by atoms with E-state index in [0.29, 0.717) is 23.8 Å². The first-order valence-electron chi connectivity index (χ1n) is 8.84. The van der Waals surface area contributed by atoms with Crippen molar-refractivity contribution in [1.82, 2.24) is 20.2 Å². The molecule has 3 aliphatic rings. The molecule has 0 radical (unpaired) electrons. The van der Waals surface area contributed by atoms with E-state index in [0.717, 1.165) is 40.9 Å². The Morgan fingerprint density at radius 1 is 1.24 bits per heavy atom. The number of thiophene rings is 1. The number of hydrogen-bond acceptors (Lipinski definition) is 7. The van der Waals surface area contributed by atoms with E-state index in [9.17, 15) is 0 Å². The number of fused-ring (bicyclic) bond motifs is 2. The molecule has 2 aliphatic carbocycles. The first-order chi connectivity index (χ1) is 12.3. The van der Waals surface area contributed by atoms with E-state index < -0.39 is 0 Å². The third-order valence-electron chi connectivity index (χ3n) is 5.70. The SMILES string of the molecule is NC1[C@H]2CN(c3nc(Nc4cc(C5CC5)[nH]n4)c4sccc4n3)C[C@@H]12. The lowest BCUT2D eigenvalue weighted by molar-refractivity contribution is 0.727. The highest BCUT2D eigenvalue weighted by atomic mass is 32.1. The molecule has 2 saturated carbocycles. The Morgan fingerprint density at radius 2 is 2.08 bits per heavy atom. The van der Waals surface area contributed by atoms with Crippen LogP contribution in [0.1, 0.15) is 24.5 Å². The van der Waals surface area contributed by atoms with E-state index in [1.165, 1.54) is 18.5 Å². The second-order valence-electron chi connectivity index (χ2n) is 7.43. The van der Waals surface area contributed by atoms with Crippen molar-refractivity contribution in [3.05, 3.63) is 23.2 Å². The van der Waals surface area contributed by atoms with Crippen molar-refractivity contribution in [3.8, 4) is 0 Å². The molecule has 4 heterocycles. The fourth-order valence-corrected chi connectivity index (χ4v) is 4.71. The van der Waals surface area contributed by atoms with Gasteiger partial charge in [-0.2, -0.15) is 10.1 Å². The molecule has 1 aliphatic heterocycles. The van der Waals surface area contributed by atoms with Gasteiger partial charge in [0, 0.05) is 36.8 Å². The van der Waals surface area contributed by atoms with E-state index in [-0.39, 0.29) is 0 Å². The van der Waals surface area contributed by atoms with Gasteiger partial charge in [-0.25, -0.2) is 4.98 Å². The summed E-state index contributed by atoms with van der Waals surface area (Å²) in [5.41, 5.74) is 8.26. The maximum Gasteiger partial charge on any atom is 0.227 e. The van der Waals surface area contributed by atoms with Crippen molar-refractivity contribution in [2.24, 2.45) is 17.6 Å². The lowest BCUT2D eigenvalue weighted by Crippen LogP contribution is -2.29. The van der Waals surface area contributed by atoms with Gasteiger partial charge in [0.05, 0.1) is 10.2 Å². The Morgan fingerprint density at radius 3 is 2.88 bits per heavy atom. The number of nitrogens with two attached hydrogens (primary N) is 1. The number of rotatable bonds is 4. The summed E-state index contributed by atoms with van der Waals surface area (Å²) < 4.78 is 1.07. The van der Waals surface area contributed by atoms with E-state index in [1.807, 2.05) is 0 Å². The predicted octanol–water partition coefficient (Wildman–Crippen LogP) is 2.43. The Hall–Kier alpha value is -2.19. The zero-order valence-corrected chi connectivity index (χ0v) is 14.5. The summed E-state index contributed by atoms with van der Waals surface area (Å²) in [6.45, 7) is 1.93. The average Bonchev–Trinajstić information content (AvgIpc) is 3.30. The summed E-state index contributed by atoms with van der Waals surface area (Å²) >= 11 is 1.66. The number of anilines is 3. The van der Waals surface area contributed by atoms with Gasteiger partial charge in [0.2, 0.25) is 5.95 Å². The van der Waals surface area contributed by atoms with Crippen LogP contribution in [0, 0.1) is 11.8 Å². The van der Waals surface area contributed by atoms with Crippen LogP contribution >= 0.6 is 11.3 Å². The number of H-pyrrole nitrogens is 1. The van der Waals surface area contributed by atoms with Crippen molar-refractivity contribution in [1.29, 1.82) is 0 Å². The number of nitrogens with zero attached hydrogens (tertiary/aromatic N) is 4. The molecule has 3 aromatic heterocycles. The van der Waals surface area contributed by atoms with E-state index in [2.05, 4.69) is 37.9 Å². The van der Waals surface area contributed by atoms with Gasteiger partial charge in [-0.3, -0.25) is 5.10 Å². The molecule has 1 unspecified atom stereocenters. The predicted molar refractivity (Wildman–Crippen MR) is 98.4 cm³/mol. The highest BCUT2D eigenvalue weighted by Gasteiger charge is 2.54. The van der Waals surface area contributed by atoms with Crippen LogP contribution in [0.5, 0.6) is 0 Å². The monoisotopic (exact) mass is 353 g/mol. The van der Waals surface area contributed by atoms with E-state index in [1.54, 1.807) is 11.3 Å². The molecule has 128 valence electrons. The number of nitrogens with one attached hydrogen (secondary N) is 2. The van der Waals surface area contributed by atoms with E-state index in [4.69, 9.17) is 15.7 Å². The molecule has 6 rings (SSSR count). The van der Waals surface area contributed by atoms with Gasteiger partial charge >= 0.3 is 0 Å². The molecule has 0 spiro atoms. The van der Waals surface area contributed by atoms with Gasteiger partial charge < -0.3 is 16.0 Å². The van der Waals surface area contributed by atoms with Crippen LogP contribution in [0.4, 0.5) is 17.6 Å². The Kier molecular flexibility index (Phi) is 2.76. The van der Waals surface area contributed by atoms with Gasteiger partial charge in [0.15, 0.2) is 11.6 Å². The van der Waals surface area contributed by atoms with Crippen LogP contribution in [-0.2, 0) is 0 Å². The minimum atomic E-state index is 0.378. The Bertz CT molecular complexity index is 947. The second-order valence-corrected chi connectivity index (χ2v) is 8.34. The van der Waals surface area contributed by atoms with Crippen molar-refractivity contribution in [3.63, 3.8) is 0 Å². The molecule has 3 aromatic rings. The first-order valence-corrected chi connectivity index (χ1v) is 9.72. The molecule has 0 aromatic carbocycles. The topological polar surface area (TPSA) is 95.8 Å². The Labute approximate surface area is 148 Å². The largest absolute Gasteiger partial charge is 0.340 e. The van der Waals surface area contributed by atoms with Crippen LogP contribution in [0.2, 0.25) is 0 Å². The standard InChI is InChI=1S/C17H19N7S/c18-14-9-6-24(7-10(9)14)17-19-11-3-4-25-15(11)16(21-17)20-13-5-12(22-23-13)8-1-2-8/h3-5,8-10,14H,1-2,6-7,18H2,(H2,19,20,21,22,23)/t9-,10+,14?. The van der Waals surface area contributed by atoms with Crippen LogP contribution < -0.4 is 16.0 Å². The molecular formula is C17H19N7S. The fourth-order valence-electron chi connectivity index (χ4n) is 3.94. The fraction of sp³-hybridized carbons (Fsp3) is 0.471. The number of aromatic amines is 1. The summed E-state index contributed by atoms with van der Waals surface area (Å²) in [6.07, 6.45) is 2.52. The smallest absolute Gasteiger partial charge is 0.227 e. The molecule has 25 heavy (non-hydrogen) atoms. The molecule has 3 atom stereocenters. The van der Waals surface area contributed by atoms with Crippen molar-refractivity contribution < 1.29 is 0 Å². The van der Waals surface area contributed by atoms with Crippen LogP contribution in [-0.4, -0.2) is 39.3 Å².